The first kappa shape index (κ1) is 18.8. The maximum Gasteiger partial charge on any atom is 0.292 e. The van der Waals surface area contributed by atoms with Gasteiger partial charge in [-0.15, -0.1) is 0 Å². The van der Waals surface area contributed by atoms with Crippen molar-refractivity contribution in [2.75, 3.05) is 20.8 Å². The zero-order valence-electron chi connectivity index (χ0n) is 15.5. The molecule has 9 heteroatoms. The third-order valence-electron chi connectivity index (χ3n) is 5.08. The third-order valence-corrected chi connectivity index (χ3v) is 5.87. The van der Waals surface area contributed by atoms with Crippen molar-refractivity contribution < 1.29 is 14.3 Å². The largest absolute Gasteiger partial charge is 0.496 e. The molecule has 1 aliphatic rings. The zero-order chi connectivity index (χ0) is 20.0. The van der Waals surface area contributed by atoms with E-state index in [1.807, 2.05) is 6.92 Å². The molecule has 0 aliphatic carbocycles. The van der Waals surface area contributed by atoms with Crippen LogP contribution in [0.1, 0.15) is 34.8 Å². The first-order valence-corrected chi connectivity index (χ1v) is 9.45. The Morgan fingerprint density at radius 1 is 1.25 bits per heavy atom. The van der Waals surface area contributed by atoms with Gasteiger partial charge in [-0.2, -0.15) is 0 Å². The van der Waals surface area contributed by atoms with Crippen molar-refractivity contribution in [3.8, 4) is 11.5 Å². The smallest absolute Gasteiger partial charge is 0.292 e. The number of methoxy groups -OCH3 is 2. The number of carbonyl (C=O) groups excluding carboxylic acids is 1. The second-order valence-electron chi connectivity index (χ2n) is 6.51. The Bertz CT molecular complexity index is 1070. The van der Waals surface area contributed by atoms with Crippen molar-refractivity contribution in [3.05, 3.63) is 45.6 Å². The van der Waals surface area contributed by atoms with E-state index >= 15 is 0 Å². The number of nitrogens with zero attached hydrogens (tertiary/aromatic N) is 3. The number of hydrogen-bond acceptors (Lipinski definition) is 5. The summed E-state index contributed by atoms with van der Waals surface area (Å²) in [5, 5.41) is 1.69. The summed E-state index contributed by atoms with van der Waals surface area (Å²) >= 11 is 12.6. The molecule has 0 saturated heterocycles. The van der Waals surface area contributed by atoms with Gasteiger partial charge in [-0.1, -0.05) is 23.2 Å². The summed E-state index contributed by atoms with van der Waals surface area (Å²) in [6.45, 7) is 2.50. The standard InChI is InChI=1S/C19H18Cl2N4O3/c1-9-14-12(24-17-15(14)13(28-3)6-11(20)16(17)21)4-5-25(9)19(26)18-22-7-10(27-2)8-23-18/h6-9,24H,4-5H2,1-3H3. The van der Waals surface area contributed by atoms with E-state index in [4.69, 9.17) is 32.7 Å². The third kappa shape index (κ3) is 2.86. The van der Waals surface area contributed by atoms with Gasteiger partial charge in [0.2, 0.25) is 5.82 Å². The Kier molecular flexibility index (Phi) is 4.81. The number of aromatic amines is 1. The molecule has 2 aromatic heterocycles. The minimum absolute atomic E-state index is 0.129. The molecule has 0 fully saturated rings. The average Bonchev–Trinajstić information content (AvgIpc) is 3.11. The molecule has 3 aromatic rings. The summed E-state index contributed by atoms with van der Waals surface area (Å²) in [4.78, 5) is 26.4. The number of hydrogen-bond donors (Lipinski definition) is 1. The topological polar surface area (TPSA) is 80.3 Å². The Labute approximate surface area is 171 Å². The van der Waals surface area contributed by atoms with E-state index in [1.54, 1.807) is 18.1 Å². The Morgan fingerprint density at radius 2 is 1.96 bits per heavy atom. The molecule has 4 rings (SSSR count). The van der Waals surface area contributed by atoms with Crippen LogP contribution in [0.4, 0.5) is 0 Å². The lowest BCUT2D eigenvalue weighted by atomic mass is 9.96. The number of nitrogens with one attached hydrogen (secondary N) is 1. The van der Waals surface area contributed by atoms with Crippen LogP contribution in [0.15, 0.2) is 18.5 Å². The minimum Gasteiger partial charge on any atom is -0.496 e. The number of H-pyrrole nitrogens is 1. The normalized spacial score (nSPS) is 16.2. The molecule has 0 radical (unpaired) electrons. The van der Waals surface area contributed by atoms with Crippen molar-refractivity contribution in [1.82, 2.24) is 19.9 Å². The minimum atomic E-state index is -0.241. The quantitative estimate of drug-likeness (QED) is 0.691. The van der Waals surface area contributed by atoms with E-state index in [0.717, 1.165) is 22.2 Å². The van der Waals surface area contributed by atoms with Gasteiger partial charge < -0.3 is 19.4 Å². The van der Waals surface area contributed by atoms with E-state index in [2.05, 4.69) is 15.0 Å². The Morgan fingerprint density at radius 3 is 2.61 bits per heavy atom. The van der Waals surface area contributed by atoms with Gasteiger partial charge >= 0.3 is 0 Å². The van der Waals surface area contributed by atoms with Crippen LogP contribution in [-0.4, -0.2) is 46.5 Å². The number of halogens is 2. The maximum atomic E-state index is 13.0. The molecule has 1 aromatic carbocycles. The molecule has 3 heterocycles. The van der Waals surface area contributed by atoms with Crippen molar-refractivity contribution in [1.29, 1.82) is 0 Å². The lowest BCUT2D eigenvalue weighted by Crippen LogP contribution is -2.39. The van der Waals surface area contributed by atoms with Gasteiger partial charge in [0.05, 0.1) is 48.2 Å². The zero-order valence-corrected chi connectivity index (χ0v) is 17.1. The van der Waals surface area contributed by atoms with E-state index in [9.17, 15) is 4.79 Å². The number of fused-ring (bicyclic) bond motifs is 3. The second kappa shape index (κ2) is 7.14. The highest BCUT2D eigenvalue weighted by Gasteiger charge is 2.34. The molecule has 146 valence electrons. The number of amides is 1. The molecule has 0 spiro atoms. The summed E-state index contributed by atoms with van der Waals surface area (Å²) in [7, 11) is 3.11. The van der Waals surface area contributed by atoms with Gasteiger partial charge in [0.15, 0.2) is 5.75 Å². The fourth-order valence-electron chi connectivity index (χ4n) is 3.70. The fourth-order valence-corrected chi connectivity index (χ4v) is 4.09. The Balaban J connectivity index is 1.78. The lowest BCUT2D eigenvalue weighted by Gasteiger charge is -2.33. The monoisotopic (exact) mass is 420 g/mol. The van der Waals surface area contributed by atoms with Crippen LogP contribution in [-0.2, 0) is 6.42 Å². The highest BCUT2D eigenvalue weighted by Crippen LogP contribution is 2.44. The van der Waals surface area contributed by atoms with Crippen LogP contribution in [0.25, 0.3) is 10.9 Å². The molecular formula is C19H18Cl2N4O3. The van der Waals surface area contributed by atoms with Crippen molar-refractivity contribution >= 4 is 40.0 Å². The van der Waals surface area contributed by atoms with Crippen molar-refractivity contribution in [3.63, 3.8) is 0 Å². The summed E-state index contributed by atoms with van der Waals surface area (Å²) in [6, 6.07) is 1.47. The SMILES string of the molecule is COc1cnc(C(=O)N2CCc3[nH]c4c(Cl)c(Cl)cc(OC)c4c3C2C)nc1. The molecule has 0 bridgehead atoms. The summed E-state index contributed by atoms with van der Waals surface area (Å²) in [5.74, 6) is 1.00. The first-order chi connectivity index (χ1) is 13.5. The van der Waals surface area contributed by atoms with Gasteiger partial charge in [0, 0.05) is 35.7 Å². The van der Waals surface area contributed by atoms with Gasteiger partial charge in [-0.3, -0.25) is 4.79 Å². The molecule has 28 heavy (non-hydrogen) atoms. The number of ether oxygens (including phenoxy) is 2. The number of carbonyl (C=O) groups is 1. The first-order valence-electron chi connectivity index (χ1n) is 8.69. The van der Waals surface area contributed by atoms with E-state index in [0.29, 0.717) is 34.5 Å². The molecule has 1 aliphatic heterocycles. The highest BCUT2D eigenvalue weighted by molar-refractivity contribution is 6.45. The maximum absolute atomic E-state index is 13.0. The van der Waals surface area contributed by atoms with Crippen LogP contribution in [0.3, 0.4) is 0 Å². The van der Waals surface area contributed by atoms with Crippen LogP contribution in [0, 0.1) is 0 Å². The number of benzene rings is 1. The molecule has 1 amide bonds. The van der Waals surface area contributed by atoms with Crippen LogP contribution in [0.5, 0.6) is 11.5 Å². The molecule has 7 nitrogen and oxygen atoms in total. The number of rotatable bonds is 3. The van der Waals surface area contributed by atoms with Gasteiger partial charge in [0.25, 0.3) is 5.91 Å². The predicted octanol–water partition coefficient (Wildman–Crippen LogP) is 4.04. The molecule has 1 unspecified atom stereocenters. The van der Waals surface area contributed by atoms with E-state index in [1.165, 1.54) is 19.5 Å². The lowest BCUT2D eigenvalue weighted by molar-refractivity contribution is 0.0665. The van der Waals surface area contributed by atoms with Crippen molar-refractivity contribution in [2.45, 2.75) is 19.4 Å². The summed E-state index contributed by atoms with van der Waals surface area (Å²) < 4.78 is 10.6. The van der Waals surface area contributed by atoms with Crippen molar-refractivity contribution in [2.24, 2.45) is 0 Å². The molecule has 1 N–H and O–H groups in total. The van der Waals surface area contributed by atoms with Crippen LogP contribution in [0.2, 0.25) is 10.0 Å². The molecule has 0 saturated carbocycles. The highest BCUT2D eigenvalue weighted by atomic mass is 35.5. The van der Waals surface area contributed by atoms with E-state index < -0.39 is 0 Å². The van der Waals surface area contributed by atoms with Crippen LogP contribution < -0.4 is 9.47 Å². The second-order valence-corrected chi connectivity index (χ2v) is 7.30. The summed E-state index contributed by atoms with van der Waals surface area (Å²) in [6.07, 6.45) is 3.61. The van der Waals surface area contributed by atoms with Gasteiger partial charge in [0.1, 0.15) is 5.75 Å². The fraction of sp³-hybridized carbons (Fsp3) is 0.316. The van der Waals surface area contributed by atoms with Crippen LogP contribution >= 0.6 is 23.2 Å². The molecular weight excluding hydrogens is 403 g/mol. The van der Waals surface area contributed by atoms with Gasteiger partial charge in [-0.05, 0) is 6.92 Å². The average molecular weight is 421 g/mol. The summed E-state index contributed by atoms with van der Waals surface area (Å²) in [5.41, 5.74) is 2.71. The molecule has 1 atom stereocenters. The Hall–Kier alpha value is -2.51. The number of aromatic nitrogens is 3. The van der Waals surface area contributed by atoms with Gasteiger partial charge in [-0.25, -0.2) is 9.97 Å². The predicted molar refractivity (Wildman–Crippen MR) is 107 cm³/mol. The van der Waals surface area contributed by atoms with E-state index in [-0.39, 0.29) is 17.8 Å².